The van der Waals surface area contributed by atoms with Gasteiger partial charge in [-0.3, -0.25) is 4.79 Å². The SMILES string of the molecule is COC(=O)C1CCCN1C(=O)C(C)Oc1ccc(C(C)C)cc1. The zero-order valence-electron chi connectivity index (χ0n) is 14.2. The van der Waals surface area contributed by atoms with Crippen molar-refractivity contribution in [1.29, 1.82) is 0 Å². The van der Waals surface area contributed by atoms with Crippen molar-refractivity contribution in [2.24, 2.45) is 0 Å². The molecule has 1 aliphatic rings. The van der Waals surface area contributed by atoms with Crippen molar-refractivity contribution in [3.8, 4) is 5.75 Å². The van der Waals surface area contributed by atoms with Crippen LogP contribution in [0.2, 0.25) is 0 Å². The molecule has 126 valence electrons. The maximum absolute atomic E-state index is 12.5. The summed E-state index contributed by atoms with van der Waals surface area (Å²) in [5, 5.41) is 0. The quantitative estimate of drug-likeness (QED) is 0.783. The number of methoxy groups -OCH3 is 1. The van der Waals surface area contributed by atoms with Gasteiger partial charge in [0.1, 0.15) is 11.8 Å². The van der Waals surface area contributed by atoms with Gasteiger partial charge >= 0.3 is 5.97 Å². The standard InChI is InChI=1S/C18H25NO4/c1-12(2)14-7-9-15(10-8-14)23-13(3)17(20)19-11-5-6-16(19)18(21)22-4/h7-10,12-13,16H,5-6,11H2,1-4H3. The Kier molecular flexibility index (Phi) is 5.64. The highest BCUT2D eigenvalue weighted by atomic mass is 16.5. The van der Waals surface area contributed by atoms with Crippen molar-refractivity contribution >= 4 is 11.9 Å². The summed E-state index contributed by atoms with van der Waals surface area (Å²) in [6.07, 6.45) is 0.820. The number of benzene rings is 1. The molecular weight excluding hydrogens is 294 g/mol. The molecule has 0 aromatic heterocycles. The highest BCUT2D eigenvalue weighted by Crippen LogP contribution is 2.22. The number of likely N-dealkylation sites (tertiary alicyclic amines) is 1. The molecule has 1 amide bonds. The molecule has 0 bridgehead atoms. The Bertz CT molecular complexity index is 553. The Morgan fingerprint density at radius 2 is 1.83 bits per heavy atom. The van der Waals surface area contributed by atoms with Crippen LogP contribution < -0.4 is 4.74 Å². The van der Waals surface area contributed by atoms with E-state index in [1.807, 2.05) is 24.3 Å². The normalized spacial score (nSPS) is 18.8. The van der Waals surface area contributed by atoms with Gasteiger partial charge in [0.2, 0.25) is 0 Å². The van der Waals surface area contributed by atoms with Crippen LogP contribution in [0.1, 0.15) is 45.1 Å². The second-order valence-electron chi connectivity index (χ2n) is 6.20. The summed E-state index contributed by atoms with van der Waals surface area (Å²) >= 11 is 0. The molecule has 1 aromatic rings. The second-order valence-corrected chi connectivity index (χ2v) is 6.20. The van der Waals surface area contributed by atoms with Crippen LogP contribution in [-0.4, -0.2) is 42.6 Å². The number of rotatable bonds is 5. The molecule has 0 saturated carbocycles. The minimum Gasteiger partial charge on any atom is -0.481 e. The molecule has 0 spiro atoms. The van der Waals surface area contributed by atoms with Crippen molar-refractivity contribution in [3.63, 3.8) is 0 Å². The number of carbonyl (C=O) groups is 2. The molecule has 1 saturated heterocycles. The molecule has 0 radical (unpaired) electrons. The van der Waals surface area contributed by atoms with E-state index in [2.05, 4.69) is 13.8 Å². The number of hydrogen-bond donors (Lipinski definition) is 0. The highest BCUT2D eigenvalue weighted by Gasteiger charge is 2.37. The Hall–Kier alpha value is -2.04. The average Bonchev–Trinajstić information content (AvgIpc) is 3.03. The predicted molar refractivity (Wildman–Crippen MR) is 87.4 cm³/mol. The van der Waals surface area contributed by atoms with Crippen LogP contribution in [0.15, 0.2) is 24.3 Å². The maximum atomic E-state index is 12.5. The molecule has 0 N–H and O–H groups in total. The van der Waals surface area contributed by atoms with Crippen LogP contribution >= 0.6 is 0 Å². The first-order chi connectivity index (χ1) is 10.9. The number of hydrogen-bond acceptors (Lipinski definition) is 4. The van der Waals surface area contributed by atoms with Gasteiger partial charge in [0.25, 0.3) is 5.91 Å². The first kappa shape index (κ1) is 17.3. The topological polar surface area (TPSA) is 55.8 Å². The number of ether oxygens (including phenoxy) is 2. The summed E-state index contributed by atoms with van der Waals surface area (Å²) in [5.41, 5.74) is 1.22. The molecule has 2 rings (SSSR count). The van der Waals surface area contributed by atoms with Gasteiger partial charge in [0.15, 0.2) is 6.10 Å². The van der Waals surface area contributed by atoms with Crippen molar-refractivity contribution in [3.05, 3.63) is 29.8 Å². The molecule has 1 aliphatic heterocycles. The molecule has 1 aromatic carbocycles. The average molecular weight is 319 g/mol. The summed E-state index contributed by atoms with van der Waals surface area (Å²) in [7, 11) is 1.35. The van der Waals surface area contributed by atoms with Crippen LogP contribution in [0.25, 0.3) is 0 Å². The highest BCUT2D eigenvalue weighted by molar-refractivity contribution is 5.87. The summed E-state index contributed by atoms with van der Waals surface area (Å²) in [4.78, 5) is 25.9. The van der Waals surface area contributed by atoms with Crippen LogP contribution in [0, 0.1) is 0 Å². The van der Waals surface area contributed by atoms with E-state index in [4.69, 9.17) is 9.47 Å². The van der Waals surface area contributed by atoms with E-state index in [-0.39, 0.29) is 11.9 Å². The van der Waals surface area contributed by atoms with Crippen molar-refractivity contribution < 1.29 is 19.1 Å². The van der Waals surface area contributed by atoms with Gasteiger partial charge in [-0.15, -0.1) is 0 Å². The van der Waals surface area contributed by atoms with Crippen LogP contribution in [0.4, 0.5) is 0 Å². The van der Waals surface area contributed by atoms with E-state index in [1.165, 1.54) is 12.7 Å². The maximum Gasteiger partial charge on any atom is 0.328 e. The molecule has 1 heterocycles. The Morgan fingerprint density at radius 3 is 2.39 bits per heavy atom. The smallest absolute Gasteiger partial charge is 0.328 e. The lowest BCUT2D eigenvalue weighted by Crippen LogP contribution is -2.46. The number of nitrogens with zero attached hydrogens (tertiary/aromatic N) is 1. The number of esters is 1. The summed E-state index contributed by atoms with van der Waals surface area (Å²) in [5.74, 6) is 0.577. The van der Waals surface area contributed by atoms with Gasteiger partial charge < -0.3 is 14.4 Å². The van der Waals surface area contributed by atoms with E-state index in [0.717, 1.165) is 6.42 Å². The van der Waals surface area contributed by atoms with Gasteiger partial charge in [0.05, 0.1) is 7.11 Å². The lowest BCUT2D eigenvalue weighted by molar-refractivity contribution is -0.153. The van der Waals surface area contributed by atoms with Crippen molar-refractivity contribution in [1.82, 2.24) is 4.90 Å². The molecular formula is C18H25NO4. The molecule has 2 atom stereocenters. The fraction of sp³-hybridized carbons (Fsp3) is 0.556. The fourth-order valence-corrected chi connectivity index (χ4v) is 2.83. The zero-order chi connectivity index (χ0) is 17.0. The van der Waals surface area contributed by atoms with E-state index in [0.29, 0.717) is 24.6 Å². The van der Waals surface area contributed by atoms with E-state index >= 15 is 0 Å². The van der Waals surface area contributed by atoms with E-state index in [1.54, 1.807) is 11.8 Å². The van der Waals surface area contributed by atoms with Gasteiger partial charge in [-0.05, 0) is 43.4 Å². The Morgan fingerprint density at radius 1 is 1.17 bits per heavy atom. The third-order valence-corrected chi connectivity index (χ3v) is 4.22. The fourth-order valence-electron chi connectivity index (χ4n) is 2.83. The number of carbonyl (C=O) groups excluding carboxylic acids is 2. The zero-order valence-corrected chi connectivity index (χ0v) is 14.2. The third-order valence-electron chi connectivity index (χ3n) is 4.22. The van der Waals surface area contributed by atoms with Gasteiger partial charge in [0, 0.05) is 6.54 Å². The monoisotopic (exact) mass is 319 g/mol. The third kappa shape index (κ3) is 4.03. The largest absolute Gasteiger partial charge is 0.481 e. The first-order valence-electron chi connectivity index (χ1n) is 8.09. The molecule has 5 heteroatoms. The minimum absolute atomic E-state index is 0.175. The van der Waals surface area contributed by atoms with Crippen LogP contribution in [0.3, 0.4) is 0 Å². The molecule has 1 fully saturated rings. The van der Waals surface area contributed by atoms with Crippen molar-refractivity contribution in [2.45, 2.75) is 51.7 Å². The minimum atomic E-state index is -0.634. The van der Waals surface area contributed by atoms with Crippen molar-refractivity contribution in [2.75, 3.05) is 13.7 Å². The summed E-state index contributed by atoms with van der Waals surface area (Å²) < 4.78 is 10.5. The van der Waals surface area contributed by atoms with Crippen LogP contribution in [-0.2, 0) is 14.3 Å². The van der Waals surface area contributed by atoms with Gasteiger partial charge in [-0.2, -0.15) is 0 Å². The van der Waals surface area contributed by atoms with Gasteiger partial charge in [-0.1, -0.05) is 26.0 Å². The summed E-state index contributed by atoms with van der Waals surface area (Å²) in [6.45, 7) is 6.54. The second kappa shape index (κ2) is 7.49. The molecule has 23 heavy (non-hydrogen) atoms. The molecule has 0 aliphatic carbocycles. The first-order valence-corrected chi connectivity index (χ1v) is 8.09. The lowest BCUT2D eigenvalue weighted by Gasteiger charge is -2.26. The number of amides is 1. The lowest BCUT2D eigenvalue weighted by atomic mass is 10.0. The summed E-state index contributed by atoms with van der Waals surface area (Å²) in [6, 6.07) is 7.28. The predicted octanol–water partition coefficient (Wildman–Crippen LogP) is 2.74. The Balaban J connectivity index is 2.00. The molecule has 2 unspecified atom stereocenters. The van der Waals surface area contributed by atoms with E-state index in [9.17, 15) is 9.59 Å². The Labute approximate surface area is 137 Å². The van der Waals surface area contributed by atoms with E-state index < -0.39 is 12.1 Å². The van der Waals surface area contributed by atoms with Crippen LogP contribution in [0.5, 0.6) is 5.75 Å². The molecule has 5 nitrogen and oxygen atoms in total. The van der Waals surface area contributed by atoms with Gasteiger partial charge in [-0.25, -0.2) is 4.79 Å².